The van der Waals surface area contributed by atoms with E-state index in [-0.39, 0.29) is 21.7 Å². The average Bonchev–Trinajstić information content (AvgIpc) is 3.42. The maximum atomic E-state index is 2.59. The summed E-state index contributed by atoms with van der Waals surface area (Å²) in [4.78, 5) is 0. The van der Waals surface area contributed by atoms with Crippen molar-refractivity contribution in [1.29, 1.82) is 0 Å². The number of hydrogen-bond acceptors (Lipinski definition) is 0. The zero-order valence-corrected chi connectivity index (χ0v) is 48.5. The van der Waals surface area contributed by atoms with E-state index < -0.39 is 0 Å². The molecule has 378 valence electrons. The fraction of sp³-hybridized carbons (Fsp3) is 0.289. The van der Waals surface area contributed by atoms with Gasteiger partial charge in [0.05, 0.1) is 0 Å². The van der Waals surface area contributed by atoms with Crippen LogP contribution < -0.4 is 0 Å². The molecule has 0 bridgehead atoms. The number of benzene rings is 13. The molecule has 0 fully saturated rings. The second-order valence-corrected chi connectivity index (χ2v) is 27.7. The van der Waals surface area contributed by atoms with Crippen molar-refractivity contribution in [2.45, 2.75) is 146 Å². The van der Waals surface area contributed by atoms with E-state index in [9.17, 15) is 0 Å². The lowest BCUT2D eigenvalue weighted by Gasteiger charge is -2.29. The van der Waals surface area contributed by atoms with Gasteiger partial charge in [-0.2, -0.15) is 0 Å². The molecule has 0 spiro atoms. The Bertz CT molecular complexity index is 4340. The Morgan fingerprint density at radius 3 is 0.803 bits per heavy atom. The van der Waals surface area contributed by atoms with Crippen LogP contribution in [0.3, 0.4) is 0 Å². The van der Waals surface area contributed by atoms with Crippen LogP contribution in [0.25, 0.3) is 130 Å². The molecule has 13 aromatic carbocycles. The number of fused-ring (bicyclic) bond motifs is 10. The molecule has 0 heterocycles. The molecular formula is C76H74. The third kappa shape index (κ3) is 6.81. The SMILES string of the molecule is Cc1cc(C)c(-c2c3cc(C(C)(C)C)ccc3c3c4c2cc(C(C)(C)C)cc4c2cccc4c2c3c2cccc3c5cc(C(C)(C)C)cc6c(-c7c(C)cc(C)cc7C)c7cc(C(C)(C)C)ccc7c(c65)c4c32)c(C)c1. The zero-order chi connectivity index (χ0) is 53.8. The lowest BCUT2D eigenvalue weighted by molar-refractivity contribution is 0.591. The maximum absolute atomic E-state index is 2.59. The molecule has 0 aliphatic carbocycles. The Morgan fingerprint density at radius 1 is 0.211 bits per heavy atom. The van der Waals surface area contributed by atoms with Crippen LogP contribution in [0.5, 0.6) is 0 Å². The Hall–Kier alpha value is -7.02. The third-order valence-corrected chi connectivity index (χ3v) is 18.0. The van der Waals surface area contributed by atoms with E-state index in [0.29, 0.717) is 0 Å². The molecule has 0 aromatic heterocycles. The van der Waals surface area contributed by atoms with Gasteiger partial charge in [-0.1, -0.05) is 179 Å². The van der Waals surface area contributed by atoms with Gasteiger partial charge >= 0.3 is 0 Å². The first-order chi connectivity index (χ1) is 35.7. The van der Waals surface area contributed by atoms with Crippen LogP contribution in [0.1, 0.15) is 139 Å². The summed E-state index contributed by atoms with van der Waals surface area (Å²) in [5.41, 5.74) is 18.6. The van der Waals surface area contributed by atoms with Crippen molar-refractivity contribution in [3.63, 3.8) is 0 Å². The van der Waals surface area contributed by atoms with Crippen molar-refractivity contribution in [3.05, 3.63) is 177 Å². The molecular weight excluding hydrogens is 913 g/mol. The van der Waals surface area contributed by atoms with Crippen molar-refractivity contribution in [2.24, 2.45) is 0 Å². The highest BCUT2D eigenvalue weighted by Crippen LogP contribution is 2.57. The van der Waals surface area contributed by atoms with E-state index in [1.807, 2.05) is 0 Å². The summed E-state index contributed by atoms with van der Waals surface area (Å²) in [5, 5.41) is 27.1. The molecule has 0 atom stereocenters. The van der Waals surface area contributed by atoms with E-state index in [1.54, 1.807) is 0 Å². The van der Waals surface area contributed by atoms with Crippen LogP contribution in [-0.2, 0) is 21.7 Å². The van der Waals surface area contributed by atoms with Gasteiger partial charge in [-0.15, -0.1) is 0 Å². The molecule has 0 aliphatic heterocycles. The normalized spacial score (nSPS) is 13.4. The summed E-state index contributed by atoms with van der Waals surface area (Å²) < 4.78 is 0. The summed E-state index contributed by atoms with van der Waals surface area (Å²) in [6.45, 7) is 42.4. The Labute approximate surface area is 450 Å². The fourth-order valence-corrected chi connectivity index (χ4v) is 14.4. The van der Waals surface area contributed by atoms with Crippen molar-refractivity contribution < 1.29 is 0 Å². The number of aryl methyl sites for hydroxylation is 6. The fourth-order valence-electron chi connectivity index (χ4n) is 14.4. The molecule has 13 rings (SSSR count). The number of hydrogen-bond donors (Lipinski definition) is 0. The molecule has 13 aromatic rings. The molecule has 0 nitrogen and oxygen atoms in total. The summed E-state index contributed by atoms with van der Waals surface area (Å²) in [6.07, 6.45) is 0. The van der Waals surface area contributed by atoms with Gasteiger partial charge in [0, 0.05) is 0 Å². The first-order valence-electron chi connectivity index (χ1n) is 28.1. The largest absolute Gasteiger partial charge is 0.0610 e. The Balaban J connectivity index is 1.37. The van der Waals surface area contributed by atoms with Crippen LogP contribution in [-0.4, -0.2) is 0 Å². The lowest BCUT2D eigenvalue weighted by Crippen LogP contribution is -2.12. The number of rotatable bonds is 2. The van der Waals surface area contributed by atoms with Crippen LogP contribution in [0.4, 0.5) is 0 Å². The highest BCUT2D eigenvalue weighted by atomic mass is 14.3. The molecule has 0 unspecified atom stereocenters. The first-order valence-corrected chi connectivity index (χ1v) is 28.1. The van der Waals surface area contributed by atoms with Gasteiger partial charge < -0.3 is 0 Å². The van der Waals surface area contributed by atoms with Crippen LogP contribution in [0.2, 0.25) is 0 Å². The molecule has 0 aliphatic rings. The highest BCUT2D eigenvalue weighted by Gasteiger charge is 2.31. The molecule has 0 radical (unpaired) electrons. The summed E-state index contributed by atoms with van der Waals surface area (Å²) in [7, 11) is 0. The molecule has 0 saturated heterocycles. The van der Waals surface area contributed by atoms with Gasteiger partial charge in [0.1, 0.15) is 0 Å². The van der Waals surface area contributed by atoms with Gasteiger partial charge in [0.2, 0.25) is 0 Å². The van der Waals surface area contributed by atoms with Crippen molar-refractivity contribution in [2.75, 3.05) is 0 Å². The van der Waals surface area contributed by atoms with Gasteiger partial charge in [-0.25, -0.2) is 0 Å². The van der Waals surface area contributed by atoms with Crippen molar-refractivity contribution in [1.82, 2.24) is 0 Å². The summed E-state index contributed by atoms with van der Waals surface area (Å²) >= 11 is 0. The second-order valence-electron chi connectivity index (χ2n) is 27.7. The van der Waals surface area contributed by atoms with Gasteiger partial charge in [-0.3, -0.25) is 0 Å². The minimum absolute atomic E-state index is 0.0407. The van der Waals surface area contributed by atoms with Crippen LogP contribution >= 0.6 is 0 Å². The molecule has 0 heteroatoms. The molecule has 0 N–H and O–H groups in total. The smallest absolute Gasteiger partial charge is 0.000718 e. The summed E-state index contributed by atoms with van der Waals surface area (Å²) in [6, 6.07) is 49.6. The van der Waals surface area contributed by atoms with Crippen molar-refractivity contribution in [3.8, 4) is 22.3 Å². The zero-order valence-electron chi connectivity index (χ0n) is 48.5. The first kappa shape index (κ1) is 48.6. The predicted octanol–water partition coefficient (Wildman–Crippen LogP) is 22.5. The quantitative estimate of drug-likeness (QED) is 0.120. The maximum Gasteiger partial charge on any atom is -0.000718 e. The Kier molecular flexibility index (Phi) is 10.1. The minimum Gasteiger partial charge on any atom is -0.0610 e. The second kappa shape index (κ2) is 15.8. The predicted molar refractivity (Wildman–Crippen MR) is 338 cm³/mol. The van der Waals surface area contributed by atoms with Gasteiger partial charge in [0.25, 0.3) is 0 Å². The van der Waals surface area contributed by atoms with Gasteiger partial charge in [-0.05, 0) is 274 Å². The van der Waals surface area contributed by atoms with E-state index in [4.69, 9.17) is 0 Å². The summed E-state index contributed by atoms with van der Waals surface area (Å²) in [5.74, 6) is 0. The van der Waals surface area contributed by atoms with E-state index in [2.05, 4.69) is 246 Å². The Morgan fingerprint density at radius 2 is 0.474 bits per heavy atom. The molecule has 76 heavy (non-hydrogen) atoms. The van der Waals surface area contributed by atoms with Crippen molar-refractivity contribution >= 4 is 108 Å². The van der Waals surface area contributed by atoms with Crippen LogP contribution in [0.15, 0.2) is 121 Å². The lowest BCUT2D eigenvalue weighted by atomic mass is 9.74. The van der Waals surface area contributed by atoms with Gasteiger partial charge in [0.15, 0.2) is 0 Å². The minimum atomic E-state index is -0.0951. The average molecular weight is 987 g/mol. The standard InChI is InChI=1S/C76H74/c1-39-29-41(3)61(42(4)30-39)65-55-33-45(73(7,8)9)25-27-51(55)69-67-57(35-47(37-59(65)67)75(13,14)15)49-21-19-24-54-63(49)71(69)53-23-20-22-50-58-36-48(76(16,17)18)38-60-66(62-43(5)31-40(2)32-44(62)6)56-34-46(74(10,11)12)26-28-52(56)70(68(58)60)72(54)64(50)53/h19-38H,1-18H3. The van der Waals surface area contributed by atoms with E-state index >= 15 is 0 Å². The van der Waals surface area contributed by atoms with Crippen LogP contribution in [0, 0.1) is 41.5 Å². The highest BCUT2D eigenvalue weighted by molar-refractivity contribution is 6.52. The molecule has 0 saturated carbocycles. The molecule has 0 amide bonds. The van der Waals surface area contributed by atoms with E-state index in [1.165, 1.54) is 186 Å². The third-order valence-electron chi connectivity index (χ3n) is 18.0. The van der Waals surface area contributed by atoms with E-state index in [0.717, 1.165) is 0 Å². The topological polar surface area (TPSA) is 0 Å². The monoisotopic (exact) mass is 987 g/mol.